The average Bonchev–Trinajstić information content (AvgIpc) is 2.86. The first-order chi connectivity index (χ1) is 16.0. The van der Waals surface area contributed by atoms with E-state index in [1.165, 1.54) is 14.2 Å². The summed E-state index contributed by atoms with van der Waals surface area (Å²) >= 11 is 0. The number of esters is 2. The largest absolute Gasteiger partial charge is 0.485 e. The summed E-state index contributed by atoms with van der Waals surface area (Å²) in [7, 11) is 2.70. The smallest absolute Gasteiger partial charge is 0.337 e. The molecule has 0 aliphatic rings. The van der Waals surface area contributed by atoms with Crippen molar-refractivity contribution < 1.29 is 28.5 Å². The first-order valence-corrected chi connectivity index (χ1v) is 10.5. The van der Waals surface area contributed by atoms with Crippen LogP contribution in [0.3, 0.4) is 0 Å². The standard InChI is InChI=1S/C26H27NO6/c1-30-25(28)21-8-3-19(4-9-21)16-32-23-12-7-18(13-14-27)15-24(23)33-17-20-5-10-22(11-6-20)26(29)31-2/h3-12,15H,13-14,16-17,27H2,1-2H3. The zero-order chi connectivity index (χ0) is 23.6. The van der Waals surface area contributed by atoms with Crippen molar-refractivity contribution in [2.75, 3.05) is 20.8 Å². The van der Waals surface area contributed by atoms with Crippen molar-refractivity contribution in [1.82, 2.24) is 0 Å². The third-order valence-corrected chi connectivity index (χ3v) is 4.98. The molecule has 7 nitrogen and oxygen atoms in total. The van der Waals surface area contributed by atoms with E-state index in [4.69, 9.17) is 24.7 Å². The first kappa shape index (κ1) is 23.8. The minimum Gasteiger partial charge on any atom is -0.485 e. The lowest BCUT2D eigenvalue weighted by Crippen LogP contribution is -2.05. The number of methoxy groups -OCH3 is 2. The molecule has 0 bridgehead atoms. The third-order valence-electron chi connectivity index (χ3n) is 4.98. The number of hydrogen-bond acceptors (Lipinski definition) is 7. The highest BCUT2D eigenvalue weighted by Gasteiger charge is 2.10. The van der Waals surface area contributed by atoms with Crippen molar-refractivity contribution >= 4 is 11.9 Å². The van der Waals surface area contributed by atoms with Gasteiger partial charge < -0.3 is 24.7 Å². The van der Waals surface area contributed by atoms with Crippen LogP contribution < -0.4 is 15.2 Å². The van der Waals surface area contributed by atoms with Crippen molar-refractivity contribution in [3.63, 3.8) is 0 Å². The molecule has 0 aromatic heterocycles. The molecule has 3 aromatic rings. The summed E-state index contributed by atoms with van der Waals surface area (Å²) in [6.07, 6.45) is 0.722. The van der Waals surface area contributed by atoms with E-state index in [-0.39, 0.29) is 11.9 Å². The summed E-state index contributed by atoms with van der Waals surface area (Å²) < 4.78 is 21.5. The minimum absolute atomic E-state index is 0.303. The van der Waals surface area contributed by atoms with Crippen LogP contribution in [0.15, 0.2) is 66.7 Å². The fourth-order valence-electron chi connectivity index (χ4n) is 3.14. The Kier molecular flexibility index (Phi) is 8.43. The number of carbonyl (C=O) groups excluding carboxylic acids is 2. The van der Waals surface area contributed by atoms with Gasteiger partial charge in [0.25, 0.3) is 0 Å². The highest BCUT2D eigenvalue weighted by atomic mass is 16.5. The second kappa shape index (κ2) is 11.7. The van der Waals surface area contributed by atoms with Crippen molar-refractivity contribution in [2.45, 2.75) is 19.6 Å². The van der Waals surface area contributed by atoms with E-state index in [1.807, 2.05) is 42.5 Å². The molecule has 0 aliphatic carbocycles. The maximum Gasteiger partial charge on any atom is 0.337 e. The normalized spacial score (nSPS) is 10.4. The predicted molar refractivity (Wildman–Crippen MR) is 123 cm³/mol. The van der Waals surface area contributed by atoms with Gasteiger partial charge in [-0.15, -0.1) is 0 Å². The molecular weight excluding hydrogens is 422 g/mol. The van der Waals surface area contributed by atoms with Crippen LogP contribution in [-0.4, -0.2) is 32.7 Å². The molecule has 0 unspecified atom stereocenters. The highest BCUT2D eigenvalue weighted by Crippen LogP contribution is 2.30. The number of benzene rings is 3. The Morgan fingerprint density at radius 2 is 1.12 bits per heavy atom. The minimum atomic E-state index is -0.382. The van der Waals surface area contributed by atoms with Gasteiger partial charge in [0.1, 0.15) is 13.2 Å². The molecule has 0 atom stereocenters. The van der Waals surface area contributed by atoms with Gasteiger partial charge in [0.05, 0.1) is 25.3 Å². The molecule has 33 heavy (non-hydrogen) atoms. The quantitative estimate of drug-likeness (QED) is 0.469. The lowest BCUT2D eigenvalue weighted by atomic mass is 10.1. The Bertz CT molecular complexity index is 1080. The lowest BCUT2D eigenvalue weighted by molar-refractivity contribution is 0.0592. The number of carbonyl (C=O) groups is 2. The van der Waals surface area contributed by atoms with Gasteiger partial charge in [-0.3, -0.25) is 0 Å². The van der Waals surface area contributed by atoms with Crippen molar-refractivity contribution in [2.24, 2.45) is 5.73 Å². The number of hydrogen-bond donors (Lipinski definition) is 1. The van der Waals surface area contributed by atoms with E-state index >= 15 is 0 Å². The van der Waals surface area contributed by atoms with Gasteiger partial charge >= 0.3 is 11.9 Å². The van der Waals surface area contributed by atoms with E-state index in [0.29, 0.717) is 42.4 Å². The SMILES string of the molecule is COC(=O)c1ccc(COc2ccc(CCN)cc2OCc2ccc(C(=O)OC)cc2)cc1. The van der Waals surface area contributed by atoms with E-state index in [1.54, 1.807) is 24.3 Å². The molecule has 0 fully saturated rings. The summed E-state index contributed by atoms with van der Waals surface area (Å²) in [4.78, 5) is 23.2. The number of ether oxygens (including phenoxy) is 4. The van der Waals surface area contributed by atoms with E-state index in [0.717, 1.165) is 23.1 Å². The van der Waals surface area contributed by atoms with Crippen LogP contribution in [0.2, 0.25) is 0 Å². The second-order valence-corrected chi connectivity index (χ2v) is 7.27. The molecule has 0 aliphatic heterocycles. The molecule has 7 heteroatoms. The molecule has 3 rings (SSSR count). The maximum absolute atomic E-state index is 11.6. The van der Waals surface area contributed by atoms with E-state index in [9.17, 15) is 9.59 Å². The van der Waals surface area contributed by atoms with Crippen LogP contribution in [-0.2, 0) is 29.1 Å². The van der Waals surface area contributed by atoms with E-state index < -0.39 is 0 Å². The lowest BCUT2D eigenvalue weighted by Gasteiger charge is -2.15. The Morgan fingerprint density at radius 1 is 0.667 bits per heavy atom. The maximum atomic E-state index is 11.6. The van der Waals surface area contributed by atoms with Crippen LogP contribution in [0.5, 0.6) is 11.5 Å². The Labute approximate surface area is 193 Å². The molecule has 0 spiro atoms. The third kappa shape index (κ3) is 6.57. The Morgan fingerprint density at radius 3 is 1.58 bits per heavy atom. The van der Waals surface area contributed by atoms with Crippen LogP contribution in [0.1, 0.15) is 37.4 Å². The summed E-state index contributed by atoms with van der Waals surface area (Å²) in [6.45, 7) is 1.14. The number of nitrogens with two attached hydrogens (primary N) is 1. The average molecular weight is 450 g/mol. The fourth-order valence-corrected chi connectivity index (χ4v) is 3.14. The molecule has 0 radical (unpaired) electrons. The van der Waals surface area contributed by atoms with Crippen molar-refractivity contribution in [3.05, 3.63) is 94.5 Å². The van der Waals surface area contributed by atoms with Crippen molar-refractivity contribution in [1.29, 1.82) is 0 Å². The molecule has 0 heterocycles. The summed E-state index contributed by atoms with van der Waals surface area (Å²) in [5.74, 6) is 0.434. The van der Waals surface area contributed by atoms with Crippen LogP contribution in [0, 0.1) is 0 Å². The van der Waals surface area contributed by atoms with Crippen LogP contribution in [0.4, 0.5) is 0 Å². The summed E-state index contributed by atoms with van der Waals surface area (Å²) in [6, 6.07) is 19.8. The monoisotopic (exact) mass is 449 g/mol. The highest BCUT2D eigenvalue weighted by molar-refractivity contribution is 5.89. The Balaban J connectivity index is 1.70. The van der Waals surface area contributed by atoms with Gasteiger partial charge in [-0.05, 0) is 66.1 Å². The van der Waals surface area contributed by atoms with E-state index in [2.05, 4.69) is 0 Å². The predicted octanol–water partition coefficient (Wildman–Crippen LogP) is 3.92. The van der Waals surface area contributed by atoms with Crippen LogP contribution >= 0.6 is 0 Å². The zero-order valence-corrected chi connectivity index (χ0v) is 18.7. The van der Waals surface area contributed by atoms with Gasteiger partial charge in [-0.25, -0.2) is 9.59 Å². The second-order valence-electron chi connectivity index (χ2n) is 7.27. The topological polar surface area (TPSA) is 97.1 Å². The first-order valence-electron chi connectivity index (χ1n) is 10.5. The molecule has 3 aromatic carbocycles. The molecular formula is C26H27NO6. The molecule has 2 N–H and O–H groups in total. The van der Waals surface area contributed by atoms with Gasteiger partial charge in [0, 0.05) is 0 Å². The Hall–Kier alpha value is -3.84. The van der Waals surface area contributed by atoms with Gasteiger partial charge in [-0.2, -0.15) is 0 Å². The van der Waals surface area contributed by atoms with Gasteiger partial charge in [-0.1, -0.05) is 30.3 Å². The fraction of sp³-hybridized carbons (Fsp3) is 0.231. The van der Waals surface area contributed by atoms with Gasteiger partial charge in [0.2, 0.25) is 0 Å². The molecule has 172 valence electrons. The zero-order valence-electron chi connectivity index (χ0n) is 18.7. The molecule has 0 saturated carbocycles. The molecule has 0 amide bonds. The summed E-state index contributed by atoms with van der Waals surface area (Å²) in [5, 5.41) is 0. The van der Waals surface area contributed by atoms with Crippen LogP contribution in [0.25, 0.3) is 0 Å². The summed E-state index contributed by atoms with van der Waals surface area (Å²) in [5.41, 5.74) is 9.51. The van der Waals surface area contributed by atoms with Gasteiger partial charge in [0.15, 0.2) is 11.5 Å². The molecule has 0 saturated heterocycles. The van der Waals surface area contributed by atoms with Crippen molar-refractivity contribution in [3.8, 4) is 11.5 Å². The number of rotatable bonds is 10.